The lowest BCUT2D eigenvalue weighted by Crippen LogP contribution is -2.26. The van der Waals surface area contributed by atoms with Gasteiger partial charge in [-0.05, 0) is 50.5 Å². The standard InChI is InChI=1S/C14H19ClO4/c1-10-9-12(15)5-6-13(10)19-11(2)14(17)18-8-4-3-7-16/h5-6,9,11,16H,3-4,7-8H2,1-2H3. The maximum atomic E-state index is 11.7. The van der Waals surface area contributed by atoms with Gasteiger partial charge >= 0.3 is 5.97 Å². The Morgan fingerprint density at radius 3 is 2.79 bits per heavy atom. The fourth-order valence-electron chi connectivity index (χ4n) is 1.49. The van der Waals surface area contributed by atoms with E-state index in [1.807, 2.05) is 6.92 Å². The maximum absolute atomic E-state index is 11.7. The molecule has 0 spiro atoms. The molecule has 1 rings (SSSR count). The van der Waals surface area contributed by atoms with Crippen LogP contribution in [-0.4, -0.2) is 30.4 Å². The summed E-state index contributed by atoms with van der Waals surface area (Å²) >= 11 is 5.85. The number of rotatable bonds is 7. The number of unbranched alkanes of at least 4 members (excludes halogenated alkanes) is 1. The molecule has 1 unspecified atom stereocenters. The van der Waals surface area contributed by atoms with Crippen molar-refractivity contribution >= 4 is 17.6 Å². The van der Waals surface area contributed by atoms with Crippen molar-refractivity contribution in [3.63, 3.8) is 0 Å². The van der Waals surface area contributed by atoms with Crippen LogP contribution in [0.3, 0.4) is 0 Å². The minimum absolute atomic E-state index is 0.105. The van der Waals surface area contributed by atoms with Gasteiger partial charge in [-0.15, -0.1) is 0 Å². The molecule has 0 aliphatic carbocycles. The van der Waals surface area contributed by atoms with E-state index in [1.165, 1.54) is 0 Å². The Hall–Kier alpha value is -1.26. The van der Waals surface area contributed by atoms with Crippen LogP contribution in [-0.2, 0) is 9.53 Å². The predicted octanol–water partition coefficient (Wildman–Crippen LogP) is 2.73. The van der Waals surface area contributed by atoms with Crippen LogP contribution in [0.2, 0.25) is 5.02 Å². The van der Waals surface area contributed by atoms with Gasteiger partial charge in [-0.2, -0.15) is 0 Å². The molecule has 0 saturated carbocycles. The van der Waals surface area contributed by atoms with Crippen molar-refractivity contribution in [1.82, 2.24) is 0 Å². The van der Waals surface area contributed by atoms with Crippen LogP contribution in [0.25, 0.3) is 0 Å². The van der Waals surface area contributed by atoms with Gasteiger partial charge in [0.05, 0.1) is 6.61 Å². The van der Waals surface area contributed by atoms with E-state index in [0.717, 1.165) is 5.56 Å². The van der Waals surface area contributed by atoms with Gasteiger partial charge in [0.15, 0.2) is 6.10 Å². The van der Waals surface area contributed by atoms with Crippen molar-refractivity contribution in [3.05, 3.63) is 28.8 Å². The molecule has 1 aromatic carbocycles. The summed E-state index contributed by atoms with van der Waals surface area (Å²) in [5.41, 5.74) is 0.868. The second kappa shape index (κ2) is 8.02. The lowest BCUT2D eigenvalue weighted by molar-refractivity contribution is -0.151. The van der Waals surface area contributed by atoms with Gasteiger partial charge in [0, 0.05) is 11.6 Å². The van der Waals surface area contributed by atoms with E-state index in [0.29, 0.717) is 30.2 Å². The minimum atomic E-state index is -0.672. The van der Waals surface area contributed by atoms with Gasteiger partial charge in [0.2, 0.25) is 0 Å². The highest BCUT2D eigenvalue weighted by Gasteiger charge is 2.17. The molecule has 1 aromatic rings. The van der Waals surface area contributed by atoms with Gasteiger partial charge in [-0.25, -0.2) is 4.79 Å². The summed E-state index contributed by atoms with van der Waals surface area (Å²) < 4.78 is 10.6. The molecule has 0 aliphatic rings. The summed E-state index contributed by atoms with van der Waals surface area (Å²) in [5, 5.41) is 9.24. The lowest BCUT2D eigenvalue weighted by atomic mass is 10.2. The summed E-state index contributed by atoms with van der Waals surface area (Å²) in [6.07, 6.45) is 0.599. The Morgan fingerprint density at radius 1 is 1.42 bits per heavy atom. The number of hydrogen-bond donors (Lipinski definition) is 1. The molecule has 0 aliphatic heterocycles. The van der Waals surface area contributed by atoms with Crippen molar-refractivity contribution in [3.8, 4) is 5.75 Å². The van der Waals surface area contributed by atoms with E-state index in [2.05, 4.69) is 0 Å². The molecule has 19 heavy (non-hydrogen) atoms. The zero-order chi connectivity index (χ0) is 14.3. The molecule has 1 atom stereocenters. The van der Waals surface area contributed by atoms with Crippen LogP contribution in [0.4, 0.5) is 0 Å². The smallest absolute Gasteiger partial charge is 0.347 e. The number of aryl methyl sites for hydroxylation is 1. The van der Waals surface area contributed by atoms with E-state index >= 15 is 0 Å². The van der Waals surface area contributed by atoms with Crippen molar-refractivity contribution < 1.29 is 19.4 Å². The van der Waals surface area contributed by atoms with Gasteiger partial charge in [0.1, 0.15) is 5.75 Å². The van der Waals surface area contributed by atoms with Gasteiger partial charge in [-0.1, -0.05) is 11.6 Å². The third kappa shape index (κ3) is 5.49. The maximum Gasteiger partial charge on any atom is 0.347 e. The highest BCUT2D eigenvalue weighted by molar-refractivity contribution is 6.30. The van der Waals surface area contributed by atoms with Crippen LogP contribution in [0.5, 0.6) is 5.75 Å². The average Bonchev–Trinajstić information content (AvgIpc) is 2.37. The zero-order valence-corrected chi connectivity index (χ0v) is 11.9. The fourth-order valence-corrected chi connectivity index (χ4v) is 1.71. The first-order valence-electron chi connectivity index (χ1n) is 6.25. The van der Waals surface area contributed by atoms with Crippen LogP contribution in [0, 0.1) is 6.92 Å². The normalized spacial score (nSPS) is 12.0. The summed E-state index contributed by atoms with van der Waals surface area (Å²) in [6, 6.07) is 5.21. The average molecular weight is 287 g/mol. The molecule has 106 valence electrons. The van der Waals surface area contributed by atoms with Crippen LogP contribution >= 0.6 is 11.6 Å². The zero-order valence-electron chi connectivity index (χ0n) is 11.2. The summed E-state index contributed by atoms with van der Waals surface area (Å²) in [5.74, 6) is 0.205. The third-order valence-electron chi connectivity index (χ3n) is 2.57. The summed E-state index contributed by atoms with van der Waals surface area (Å²) in [6.45, 7) is 3.91. The van der Waals surface area contributed by atoms with Crippen molar-refractivity contribution in [2.75, 3.05) is 13.2 Å². The molecular weight excluding hydrogens is 268 g/mol. The van der Waals surface area contributed by atoms with E-state index in [4.69, 9.17) is 26.2 Å². The van der Waals surface area contributed by atoms with E-state index in [-0.39, 0.29) is 6.61 Å². The molecule has 5 heteroatoms. The largest absolute Gasteiger partial charge is 0.479 e. The molecule has 0 heterocycles. The first-order valence-corrected chi connectivity index (χ1v) is 6.62. The lowest BCUT2D eigenvalue weighted by Gasteiger charge is -2.15. The second-order valence-electron chi connectivity index (χ2n) is 4.27. The number of benzene rings is 1. The monoisotopic (exact) mass is 286 g/mol. The Bertz CT molecular complexity index is 420. The number of aliphatic hydroxyl groups is 1. The van der Waals surface area contributed by atoms with E-state index in [9.17, 15) is 4.79 Å². The number of ether oxygens (including phenoxy) is 2. The number of carbonyl (C=O) groups is 1. The SMILES string of the molecule is Cc1cc(Cl)ccc1OC(C)C(=O)OCCCCO. The highest BCUT2D eigenvalue weighted by atomic mass is 35.5. The summed E-state index contributed by atoms with van der Waals surface area (Å²) in [4.78, 5) is 11.7. The van der Waals surface area contributed by atoms with E-state index < -0.39 is 12.1 Å². The Balaban J connectivity index is 2.45. The molecule has 0 radical (unpaired) electrons. The number of esters is 1. The number of halogens is 1. The minimum Gasteiger partial charge on any atom is -0.479 e. The van der Waals surface area contributed by atoms with Crippen LogP contribution in [0.15, 0.2) is 18.2 Å². The number of carbonyl (C=O) groups excluding carboxylic acids is 1. The Morgan fingerprint density at radius 2 is 2.16 bits per heavy atom. The Labute approximate surface area is 118 Å². The van der Waals surface area contributed by atoms with Crippen molar-refractivity contribution in [2.45, 2.75) is 32.8 Å². The van der Waals surface area contributed by atoms with E-state index in [1.54, 1.807) is 25.1 Å². The number of hydrogen-bond acceptors (Lipinski definition) is 4. The molecule has 0 bridgehead atoms. The topological polar surface area (TPSA) is 55.8 Å². The van der Waals surface area contributed by atoms with Crippen molar-refractivity contribution in [2.24, 2.45) is 0 Å². The van der Waals surface area contributed by atoms with Crippen LogP contribution < -0.4 is 4.74 Å². The van der Waals surface area contributed by atoms with Crippen molar-refractivity contribution in [1.29, 1.82) is 0 Å². The molecule has 0 aromatic heterocycles. The quantitative estimate of drug-likeness (QED) is 0.618. The molecule has 0 saturated heterocycles. The van der Waals surface area contributed by atoms with Gasteiger partial charge in [-0.3, -0.25) is 0 Å². The highest BCUT2D eigenvalue weighted by Crippen LogP contribution is 2.22. The third-order valence-corrected chi connectivity index (χ3v) is 2.80. The number of aliphatic hydroxyl groups excluding tert-OH is 1. The molecule has 0 fully saturated rings. The Kier molecular flexibility index (Phi) is 6.67. The first kappa shape index (κ1) is 15.8. The van der Waals surface area contributed by atoms with Crippen LogP contribution in [0.1, 0.15) is 25.3 Å². The molecule has 1 N–H and O–H groups in total. The second-order valence-corrected chi connectivity index (χ2v) is 4.70. The first-order chi connectivity index (χ1) is 9.04. The molecule has 4 nitrogen and oxygen atoms in total. The fraction of sp³-hybridized carbons (Fsp3) is 0.500. The predicted molar refractivity (Wildman–Crippen MR) is 73.6 cm³/mol. The van der Waals surface area contributed by atoms with Gasteiger partial charge < -0.3 is 14.6 Å². The molecule has 0 amide bonds. The molecular formula is C14H19ClO4. The van der Waals surface area contributed by atoms with Gasteiger partial charge in [0.25, 0.3) is 0 Å². The summed E-state index contributed by atoms with van der Waals surface area (Å²) in [7, 11) is 0.